The fraction of sp³-hybridized carbons (Fsp3) is 0.176. The minimum Gasteiger partial charge on any atom is -0.482 e. The fourth-order valence-corrected chi connectivity index (χ4v) is 6.58. The number of thioether (sulfide) groups is 1. The third-order valence-corrected chi connectivity index (χ3v) is 8.47. The summed E-state index contributed by atoms with van der Waals surface area (Å²) in [6.45, 7) is -0.314. The molecule has 6 heteroatoms. The van der Waals surface area contributed by atoms with E-state index in [1.54, 1.807) is 0 Å². The number of rotatable bonds is 9. The molecule has 1 atom stereocenters. The van der Waals surface area contributed by atoms with Crippen molar-refractivity contribution < 1.29 is 14.6 Å². The monoisotopic (exact) mass is 546 g/mol. The molecule has 1 aromatic heterocycles. The average Bonchev–Trinajstić information content (AvgIpc) is 3.39. The first-order valence-corrected chi connectivity index (χ1v) is 14.5. The zero-order chi connectivity index (χ0) is 27.3. The van der Waals surface area contributed by atoms with Crippen LogP contribution in [0.15, 0.2) is 114 Å². The number of fused-ring (bicyclic) bond motifs is 1. The van der Waals surface area contributed by atoms with E-state index < -0.39 is 5.97 Å². The van der Waals surface area contributed by atoms with Crippen LogP contribution in [0, 0.1) is 5.92 Å². The number of aromatic nitrogens is 2. The molecule has 0 fully saturated rings. The first-order chi connectivity index (χ1) is 19.7. The molecule has 40 heavy (non-hydrogen) atoms. The van der Waals surface area contributed by atoms with Crippen LogP contribution in [0.25, 0.3) is 28.2 Å². The van der Waals surface area contributed by atoms with Gasteiger partial charge in [-0.05, 0) is 54.5 Å². The molecule has 1 aliphatic carbocycles. The van der Waals surface area contributed by atoms with Crippen LogP contribution >= 0.6 is 11.8 Å². The predicted octanol–water partition coefficient (Wildman–Crippen LogP) is 7.57. The summed E-state index contributed by atoms with van der Waals surface area (Å²) < 4.78 is 7.88. The van der Waals surface area contributed by atoms with Gasteiger partial charge in [0.2, 0.25) is 0 Å². The summed E-state index contributed by atoms with van der Waals surface area (Å²) in [5.74, 6) is 1.16. The Kier molecular flexibility index (Phi) is 7.69. The highest BCUT2D eigenvalue weighted by atomic mass is 32.2. The van der Waals surface area contributed by atoms with Crippen LogP contribution in [-0.2, 0) is 17.6 Å². The highest BCUT2D eigenvalue weighted by Gasteiger charge is 2.25. The summed E-state index contributed by atoms with van der Waals surface area (Å²) in [5.41, 5.74) is 7.79. The maximum Gasteiger partial charge on any atom is 0.341 e. The van der Waals surface area contributed by atoms with Crippen molar-refractivity contribution in [3.05, 3.63) is 120 Å². The number of para-hydroxylation sites is 1. The molecule has 0 spiro atoms. The second-order valence-electron chi connectivity index (χ2n) is 9.99. The lowest BCUT2D eigenvalue weighted by molar-refractivity contribution is -0.139. The summed E-state index contributed by atoms with van der Waals surface area (Å²) in [6.07, 6.45) is 2.85. The van der Waals surface area contributed by atoms with Crippen molar-refractivity contribution in [3.8, 4) is 34.0 Å². The molecule has 200 valence electrons. The van der Waals surface area contributed by atoms with E-state index in [4.69, 9.17) is 14.8 Å². The first-order valence-electron chi connectivity index (χ1n) is 13.5. The molecule has 5 nitrogen and oxygen atoms in total. The number of aliphatic carboxylic acids is 1. The lowest BCUT2D eigenvalue weighted by Crippen LogP contribution is -2.18. The zero-order valence-electron chi connectivity index (χ0n) is 22.1. The molecule has 0 amide bonds. The molecular weight excluding hydrogens is 516 g/mol. The normalized spacial score (nSPS) is 14.4. The van der Waals surface area contributed by atoms with E-state index in [0.29, 0.717) is 11.7 Å². The van der Waals surface area contributed by atoms with E-state index in [1.165, 1.54) is 5.56 Å². The van der Waals surface area contributed by atoms with Crippen LogP contribution in [0.5, 0.6) is 5.75 Å². The second-order valence-corrected chi connectivity index (χ2v) is 11.0. The minimum absolute atomic E-state index is 0.314. The smallest absolute Gasteiger partial charge is 0.341 e. The van der Waals surface area contributed by atoms with Gasteiger partial charge in [0.25, 0.3) is 0 Å². The number of benzene rings is 4. The average molecular weight is 547 g/mol. The Morgan fingerprint density at radius 2 is 1.55 bits per heavy atom. The Morgan fingerprint density at radius 1 is 0.875 bits per heavy atom. The Balaban J connectivity index is 1.33. The molecule has 4 aromatic carbocycles. The molecule has 1 unspecified atom stereocenters. The maximum atomic E-state index is 11.0. The van der Waals surface area contributed by atoms with E-state index in [-0.39, 0.29) is 6.61 Å². The van der Waals surface area contributed by atoms with Gasteiger partial charge in [-0.25, -0.2) is 9.78 Å². The summed E-state index contributed by atoms with van der Waals surface area (Å²) in [5, 5.41) is 10.0. The molecule has 6 rings (SSSR count). The van der Waals surface area contributed by atoms with E-state index in [0.717, 1.165) is 63.9 Å². The van der Waals surface area contributed by atoms with Gasteiger partial charge in [-0.1, -0.05) is 103 Å². The van der Waals surface area contributed by atoms with E-state index >= 15 is 0 Å². The van der Waals surface area contributed by atoms with Gasteiger partial charge < -0.3 is 9.84 Å². The first kappa shape index (κ1) is 26.0. The molecule has 1 N–H and O–H groups in total. The largest absolute Gasteiger partial charge is 0.482 e. The Morgan fingerprint density at radius 3 is 2.25 bits per heavy atom. The number of carboxylic acid groups (broad SMARTS) is 1. The molecule has 0 aliphatic heterocycles. The number of carbonyl (C=O) groups is 1. The SMILES string of the molecule is O=C(O)COc1cccc2c1CCC(CSc1nc(-c3ccccc3)c(-c3ccccc3)n1-c1ccccc1)C2. The molecule has 5 aromatic rings. The van der Waals surface area contributed by atoms with E-state index in [2.05, 4.69) is 83.4 Å². The van der Waals surface area contributed by atoms with Crippen LogP contribution in [0.4, 0.5) is 0 Å². The van der Waals surface area contributed by atoms with Crippen LogP contribution in [0.2, 0.25) is 0 Å². The summed E-state index contributed by atoms with van der Waals surface area (Å²) in [7, 11) is 0. The predicted molar refractivity (Wildman–Crippen MR) is 160 cm³/mol. The molecule has 0 saturated carbocycles. The van der Waals surface area contributed by atoms with Crippen LogP contribution in [0.3, 0.4) is 0 Å². The van der Waals surface area contributed by atoms with Crippen molar-refractivity contribution in [2.24, 2.45) is 5.92 Å². The molecule has 1 aliphatic rings. The second kappa shape index (κ2) is 11.8. The maximum absolute atomic E-state index is 11.0. The van der Waals surface area contributed by atoms with Crippen molar-refractivity contribution in [1.82, 2.24) is 9.55 Å². The molecule has 0 bridgehead atoms. The highest BCUT2D eigenvalue weighted by Crippen LogP contribution is 2.40. The van der Waals surface area contributed by atoms with Crippen molar-refractivity contribution in [1.29, 1.82) is 0 Å². The lowest BCUT2D eigenvalue weighted by Gasteiger charge is -2.26. The Hall–Kier alpha value is -4.29. The third kappa shape index (κ3) is 5.54. The van der Waals surface area contributed by atoms with Crippen LogP contribution in [0.1, 0.15) is 17.5 Å². The lowest BCUT2D eigenvalue weighted by atomic mass is 9.84. The van der Waals surface area contributed by atoms with Crippen LogP contribution in [-0.4, -0.2) is 33.0 Å². The van der Waals surface area contributed by atoms with Crippen molar-refractivity contribution in [2.75, 3.05) is 12.4 Å². The number of hydrogen-bond acceptors (Lipinski definition) is 4. The Bertz CT molecular complexity index is 1600. The number of ether oxygens (including phenoxy) is 1. The van der Waals surface area contributed by atoms with E-state index in [1.807, 2.05) is 42.1 Å². The molecule has 0 saturated heterocycles. The number of nitrogens with zero attached hydrogens (tertiary/aromatic N) is 2. The zero-order valence-corrected chi connectivity index (χ0v) is 22.9. The number of hydrogen-bond donors (Lipinski definition) is 1. The minimum atomic E-state index is -0.957. The standard InChI is InChI=1S/C34H30N2O3S/c37-31(38)22-39-30-18-10-15-27-21-24(19-20-29(27)30)23-40-34-35-32(25-11-4-1-5-12-25)33(26-13-6-2-7-14-26)36(34)28-16-8-3-9-17-28/h1-18,24H,19-23H2,(H,37,38). The Labute approximate surface area is 238 Å². The van der Waals surface area contributed by atoms with Gasteiger partial charge in [0.15, 0.2) is 11.8 Å². The van der Waals surface area contributed by atoms with Gasteiger partial charge in [-0.15, -0.1) is 0 Å². The highest BCUT2D eigenvalue weighted by molar-refractivity contribution is 7.99. The number of imidazole rings is 1. The summed E-state index contributed by atoms with van der Waals surface area (Å²) in [6, 6.07) is 37.4. The van der Waals surface area contributed by atoms with Crippen molar-refractivity contribution in [3.63, 3.8) is 0 Å². The topological polar surface area (TPSA) is 64.3 Å². The fourth-order valence-electron chi connectivity index (χ4n) is 5.43. The van der Waals surface area contributed by atoms with Gasteiger partial charge in [0, 0.05) is 22.6 Å². The van der Waals surface area contributed by atoms with Gasteiger partial charge in [0.1, 0.15) is 5.75 Å². The van der Waals surface area contributed by atoms with Crippen molar-refractivity contribution in [2.45, 2.75) is 24.4 Å². The third-order valence-electron chi connectivity index (χ3n) is 7.30. The van der Waals surface area contributed by atoms with Gasteiger partial charge in [-0.3, -0.25) is 4.57 Å². The summed E-state index contributed by atoms with van der Waals surface area (Å²) >= 11 is 1.81. The summed E-state index contributed by atoms with van der Waals surface area (Å²) in [4.78, 5) is 16.3. The quantitative estimate of drug-likeness (QED) is 0.193. The van der Waals surface area contributed by atoms with Gasteiger partial charge in [-0.2, -0.15) is 0 Å². The van der Waals surface area contributed by atoms with Gasteiger partial charge >= 0.3 is 5.97 Å². The molecule has 1 heterocycles. The van der Waals surface area contributed by atoms with Crippen LogP contribution < -0.4 is 4.74 Å². The number of carboxylic acids is 1. The molecular formula is C34H30N2O3S. The van der Waals surface area contributed by atoms with E-state index in [9.17, 15) is 4.79 Å². The molecule has 0 radical (unpaired) electrons. The van der Waals surface area contributed by atoms with Gasteiger partial charge in [0.05, 0.1) is 11.4 Å². The van der Waals surface area contributed by atoms with Crippen molar-refractivity contribution >= 4 is 17.7 Å².